The van der Waals surface area contributed by atoms with E-state index in [1.165, 1.54) is 6.92 Å². The first-order valence-electron chi connectivity index (χ1n) is 9.58. The van der Waals surface area contributed by atoms with E-state index in [4.69, 9.17) is 0 Å². The molecule has 0 aromatic rings. The zero-order valence-electron chi connectivity index (χ0n) is 17.2. The molecule has 0 aliphatic carbocycles. The highest BCUT2D eigenvalue weighted by Crippen LogP contribution is 2.55. The summed E-state index contributed by atoms with van der Waals surface area (Å²) in [6.45, 7) is 4.96. The average Bonchev–Trinajstić information content (AvgIpc) is 3.08. The molecular formula is C17H24F9N2O3S+. The molecule has 1 aliphatic rings. The fourth-order valence-corrected chi connectivity index (χ4v) is 5.65. The van der Waals surface area contributed by atoms with E-state index in [2.05, 4.69) is 6.58 Å². The molecule has 1 heterocycles. The van der Waals surface area contributed by atoms with Gasteiger partial charge in [0.25, 0.3) is 10.0 Å². The van der Waals surface area contributed by atoms with Crippen molar-refractivity contribution in [1.82, 2.24) is 4.31 Å². The predicted octanol–water partition coefficient (Wildman–Crippen LogP) is 4.51. The highest BCUT2D eigenvalue weighted by atomic mass is 32.2. The summed E-state index contributed by atoms with van der Waals surface area (Å²) in [6.07, 6.45) is -8.33. The molecule has 188 valence electrons. The molecule has 1 aliphatic heterocycles. The number of nitrogens with zero attached hydrogens (tertiary/aromatic N) is 2. The van der Waals surface area contributed by atoms with E-state index < -0.39 is 56.4 Å². The zero-order chi connectivity index (χ0) is 25.4. The van der Waals surface area contributed by atoms with E-state index in [1.54, 1.807) is 6.92 Å². The largest absolute Gasteiger partial charge is 0.460 e. The third-order valence-electron chi connectivity index (χ3n) is 5.35. The molecule has 0 bridgehead atoms. The minimum atomic E-state index is -7.35. The lowest BCUT2D eigenvalue weighted by Crippen LogP contribution is -2.69. The normalized spacial score (nSPS) is 23.6. The van der Waals surface area contributed by atoms with Gasteiger partial charge in [0, 0.05) is 25.5 Å². The molecule has 1 amide bonds. The molecule has 0 aromatic carbocycles. The van der Waals surface area contributed by atoms with Crippen molar-refractivity contribution < 1.29 is 57.2 Å². The van der Waals surface area contributed by atoms with Gasteiger partial charge in [-0.2, -0.15) is 39.5 Å². The zero-order valence-corrected chi connectivity index (χ0v) is 18.1. The second-order valence-electron chi connectivity index (χ2n) is 7.43. The van der Waals surface area contributed by atoms with Gasteiger partial charge < -0.3 is 0 Å². The molecule has 0 radical (unpaired) electrons. The van der Waals surface area contributed by atoms with Crippen molar-refractivity contribution in [2.75, 3.05) is 19.6 Å². The topological polar surface area (TPSA) is 54.5 Å². The first kappa shape index (κ1) is 28.7. The average molecular weight is 507 g/mol. The van der Waals surface area contributed by atoms with Gasteiger partial charge in [-0.15, -0.1) is 4.31 Å². The molecule has 0 spiro atoms. The standard InChI is InChI=1S/C17H24F9N2O3S/c1-4-9-27(12-8-7-11-28(12,10-5-2)13(29)6-3)32(30,31)17(25,26)15(20,21)14(18,19)16(22,23)24/h6,12H,3-5,7-11H2,1-2H3/q+1. The Hall–Kier alpha value is -1.35. The van der Waals surface area contributed by atoms with E-state index in [1.807, 2.05) is 0 Å². The fourth-order valence-electron chi connectivity index (χ4n) is 3.87. The van der Waals surface area contributed by atoms with Crippen molar-refractivity contribution in [3.05, 3.63) is 12.7 Å². The molecule has 1 fully saturated rings. The van der Waals surface area contributed by atoms with Gasteiger partial charge >= 0.3 is 29.2 Å². The maximum absolute atomic E-state index is 14.5. The molecule has 15 heteroatoms. The van der Waals surface area contributed by atoms with E-state index in [0.717, 1.165) is 6.08 Å². The Morgan fingerprint density at radius 1 is 1.03 bits per heavy atom. The Morgan fingerprint density at radius 2 is 1.56 bits per heavy atom. The molecule has 2 unspecified atom stereocenters. The number of hydrogen-bond acceptors (Lipinski definition) is 3. The lowest BCUT2D eigenvalue weighted by atomic mass is 10.1. The van der Waals surface area contributed by atoms with Crippen molar-refractivity contribution in [2.24, 2.45) is 0 Å². The molecule has 5 nitrogen and oxygen atoms in total. The van der Waals surface area contributed by atoms with Gasteiger partial charge in [0.1, 0.15) is 0 Å². The molecule has 0 aromatic heterocycles. The van der Waals surface area contributed by atoms with Crippen molar-refractivity contribution in [1.29, 1.82) is 0 Å². The number of carbonyl (C=O) groups is 1. The third kappa shape index (κ3) is 4.15. The lowest BCUT2D eigenvalue weighted by Gasteiger charge is -2.43. The number of alkyl halides is 9. The second kappa shape index (κ2) is 9.12. The van der Waals surface area contributed by atoms with Gasteiger partial charge in [0.05, 0.1) is 13.1 Å². The monoisotopic (exact) mass is 507 g/mol. The van der Waals surface area contributed by atoms with Gasteiger partial charge in [-0.3, -0.25) is 0 Å². The molecule has 1 rings (SSSR count). The minimum Gasteiger partial charge on any atom is -0.241 e. The third-order valence-corrected chi connectivity index (χ3v) is 7.30. The van der Waals surface area contributed by atoms with Crippen LogP contribution in [0.2, 0.25) is 0 Å². The maximum Gasteiger partial charge on any atom is 0.460 e. The van der Waals surface area contributed by atoms with E-state index in [9.17, 15) is 52.7 Å². The minimum absolute atomic E-state index is 0.0836. The van der Waals surface area contributed by atoms with E-state index in [-0.39, 0.29) is 43.1 Å². The molecule has 0 N–H and O–H groups in total. The molecule has 32 heavy (non-hydrogen) atoms. The van der Waals surface area contributed by atoms with Crippen LogP contribution in [0.15, 0.2) is 12.7 Å². The summed E-state index contributed by atoms with van der Waals surface area (Å²) in [5.41, 5.74) is 0. The first-order valence-corrected chi connectivity index (χ1v) is 11.0. The first-order chi connectivity index (χ1) is 14.3. The highest BCUT2D eigenvalue weighted by molar-refractivity contribution is 7.90. The van der Waals surface area contributed by atoms with Crippen LogP contribution in [-0.2, 0) is 14.8 Å². The van der Waals surface area contributed by atoms with Gasteiger partial charge in [-0.1, -0.05) is 20.4 Å². The summed E-state index contributed by atoms with van der Waals surface area (Å²) in [6, 6.07) is 0. The van der Waals surface area contributed by atoms with Crippen molar-refractivity contribution in [3.8, 4) is 0 Å². The Morgan fingerprint density at radius 3 is 1.97 bits per heavy atom. The van der Waals surface area contributed by atoms with Crippen LogP contribution in [0.5, 0.6) is 0 Å². The number of halogens is 9. The van der Waals surface area contributed by atoms with Crippen LogP contribution in [0, 0.1) is 0 Å². The van der Waals surface area contributed by atoms with Crippen molar-refractivity contribution >= 4 is 15.9 Å². The summed E-state index contributed by atoms with van der Waals surface area (Å²) in [7, 11) is -6.81. The molecule has 1 saturated heterocycles. The van der Waals surface area contributed by atoms with E-state index in [0.29, 0.717) is 0 Å². The van der Waals surface area contributed by atoms with Gasteiger partial charge in [0.2, 0.25) is 0 Å². The van der Waals surface area contributed by atoms with Gasteiger partial charge in [0.15, 0.2) is 6.17 Å². The Balaban J connectivity index is 3.71. The van der Waals surface area contributed by atoms with Crippen LogP contribution in [0.3, 0.4) is 0 Å². The molecular weight excluding hydrogens is 483 g/mol. The van der Waals surface area contributed by atoms with Crippen molar-refractivity contribution in [3.63, 3.8) is 0 Å². The number of hydrogen-bond donors (Lipinski definition) is 0. The predicted molar refractivity (Wildman–Crippen MR) is 95.3 cm³/mol. The SMILES string of the molecule is C=CC(=O)[N+]1(CCC)CCCC1N(CCC)S(=O)(=O)C(F)(F)C(F)(F)C(F)(F)C(F)(F)F. The van der Waals surface area contributed by atoms with Crippen LogP contribution in [0.25, 0.3) is 0 Å². The lowest BCUT2D eigenvalue weighted by molar-refractivity contribution is -0.873. The van der Waals surface area contributed by atoms with E-state index >= 15 is 0 Å². The van der Waals surface area contributed by atoms with Gasteiger partial charge in [-0.25, -0.2) is 17.7 Å². The Bertz CT molecular complexity index is 815. The van der Waals surface area contributed by atoms with Crippen LogP contribution >= 0.6 is 0 Å². The Kier molecular flexibility index (Phi) is 8.18. The summed E-state index contributed by atoms with van der Waals surface area (Å²) in [4.78, 5) is 12.5. The highest BCUT2D eigenvalue weighted by Gasteiger charge is 2.86. The fraction of sp³-hybridized carbons (Fsp3) is 0.824. The van der Waals surface area contributed by atoms with Crippen LogP contribution in [0.1, 0.15) is 39.5 Å². The smallest absolute Gasteiger partial charge is 0.241 e. The van der Waals surface area contributed by atoms with Crippen LogP contribution < -0.4 is 0 Å². The van der Waals surface area contributed by atoms with Gasteiger partial charge in [-0.05, 0) is 12.8 Å². The maximum atomic E-state index is 14.5. The molecule has 2 atom stereocenters. The summed E-state index contributed by atoms with van der Waals surface area (Å²) in [5.74, 6) is -15.5. The Labute approximate surface area is 179 Å². The quantitative estimate of drug-likeness (QED) is 0.248. The van der Waals surface area contributed by atoms with Crippen molar-refractivity contribution in [2.45, 2.75) is 69.0 Å². The molecule has 0 saturated carbocycles. The summed E-state index contributed by atoms with van der Waals surface area (Å²) >= 11 is 0. The summed E-state index contributed by atoms with van der Waals surface area (Å²) < 4.78 is 145. The van der Waals surface area contributed by atoms with Crippen LogP contribution in [0.4, 0.5) is 39.5 Å². The number of carbonyl (C=O) groups excluding carboxylic acids is 1. The number of likely N-dealkylation sites (tertiary alicyclic amines) is 1. The number of quaternary nitrogens is 1. The second-order valence-corrected chi connectivity index (χ2v) is 9.36. The van der Waals surface area contributed by atoms with Crippen LogP contribution in [-0.4, -0.2) is 72.2 Å². The summed E-state index contributed by atoms with van der Waals surface area (Å²) in [5, 5.41) is -6.84. The number of sulfonamides is 1. The number of amides is 1. The number of rotatable bonds is 10.